The van der Waals surface area contributed by atoms with Gasteiger partial charge in [0.2, 0.25) is 0 Å². The zero-order valence-corrected chi connectivity index (χ0v) is 13.5. The number of fused-ring (bicyclic) bond motifs is 3. The second-order valence-corrected chi connectivity index (χ2v) is 7.80. The van der Waals surface area contributed by atoms with Crippen molar-refractivity contribution in [3.05, 3.63) is 0 Å². The molecule has 1 aliphatic carbocycles. The molecule has 4 fully saturated rings. The van der Waals surface area contributed by atoms with Crippen LogP contribution in [0.25, 0.3) is 0 Å². The van der Waals surface area contributed by atoms with Crippen LogP contribution in [0.3, 0.4) is 0 Å². The fourth-order valence-corrected chi connectivity index (χ4v) is 5.57. The first-order valence-corrected chi connectivity index (χ1v) is 9.30. The summed E-state index contributed by atoms with van der Waals surface area (Å²) in [5.74, 6) is 3.73. The minimum atomic E-state index is 0.689. The maximum atomic E-state index is 3.86. The van der Waals surface area contributed by atoms with Gasteiger partial charge in [-0.05, 0) is 68.9 Å². The van der Waals surface area contributed by atoms with Crippen LogP contribution in [0.15, 0.2) is 0 Å². The Bertz CT molecular complexity index is 355. The average Bonchev–Trinajstić information content (AvgIpc) is 2.99. The van der Waals surface area contributed by atoms with Gasteiger partial charge in [0.05, 0.1) is 0 Å². The number of hydrogen-bond acceptors (Lipinski definition) is 4. The van der Waals surface area contributed by atoms with E-state index < -0.39 is 0 Å². The lowest BCUT2D eigenvalue weighted by molar-refractivity contribution is 0.0745. The molecule has 4 nitrogen and oxygen atoms in total. The van der Waals surface area contributed by atoms with Gasteiger partial charge in [-0.1, -0.05) is 6.92 Å². The standard InChI is InChI=1S/C17H32N4/c1-2-21-11-15-14-8-12(13-4-3-7-18-9-13)5-6-16(14)19-10-17(15)20-21/h12-20H,2-11H2,1H3. The summed E-state index contributed by atoms with van der Waals surface area (Å²) >= 11 is 0. The lowest BCUT2D eigenvalue weighted by Gasteiger charge is -2.47. The van der Waals surface area contributed by atoms with E-state index in [-0.39, 0.29) is 0 Å². The molecule has 0 amide bonds. The van der Waals surface area contributed by atoms with Gasteiger partial charge < -0.3 is 10.6 Å². The third kappa shape index (κ3) is 2.76. The average molecular weight is 292 g/mol. The maximum Gasteiger partial charge on any atom is 0.0384 e. The summed E-state index contributed by atoms with van der Waals surface area (Å²) in [5, 5.41) is 9.94. The van der Waals surface area contributed by atoms with Crippen LogP contribution in [0.2, 0.25) is 0 Å². The molecule has 0 bridgehead atoms. The predicted octanol–water partition coefficient (Wildman–Crippen LogP) is 1.20. The fourth-order valence-electron chi connectivity index (χ4n) is 5.57. The summed E-state index contributed by atoms with van der Waals surface area (Å²) in [6.07, 6.45) is 7.22. The Morgan fingerprint density at radius 1 is 1.00 bits per heavy atom. The first kappa shape index (κ1) is 14.4. The van der Waals surface area contributed by atoms with E-state index in [1.54, 1.807) is 0 Å². The molecule has 120 valence electrons. The van der Waals surface area contributed by atoms with Crippen molar-refractivity contribution in [3.8, 4) is 0 Å². The second-order valence-electron chi connectivity index (χ2n) is 7.80. The van der Waals surface area contributed by atoms with Gasteiger partial charge in [0.15, 0.2) is 0 Å². The Kier molecular flexibility index (Phi) is 4.23. The maximum absolute atomic E-state index is 3.86. The van der Waals surface area contributed by atoms with Gasteiger partial charge in [-0.15, -0.1) is 0 Å². The van der Waals surface area contributed by atoms with Crippen molar-refractivity contribution in [2.75, 3.05) is 32.7 Å². The number of hydrogen-bond donors (Lipinski definition) is 3. The number of nitrogens with one attached hydrogen (secondary N) is 3. The topological polar surface area (TPSA) is 39.3 Å². The van der Waals surface area contributed by atoms with Crippen molar-refractivity contribution in [2.24, 2.45) is 23.7 Å². The summed E-state index contributed by atoms with van der Waals surface area (Å²) in [6, 6.07) is 1.49. The van der Waals surface area contributed by atoms with Crippen molar-refractivity contribution in [1.29, 1.82) is 0 Å². The largest absolute Gasteiger partial charge is 0.316 e. The first-order chi connectivity index (χ1) is 10.3. The number of piperidine rings is 2. The van der Waals surface area contributed by atoms with E-state index in [0.29, 0.717) is 6.04 Å². The Balaban J connectivity index is 1.43. The molecule has 3 aliphatic heterocycles. The van der Waals surface area contributed by atoms with Crippen LogP contribution in [0.5, 0.6) is 0 Å². The quantitative estimate of drug-likeness (QED) is 0.715. The molecule has 21 heavy (non-hydrogen) atoms. The van der Waals surface area contributed by atoms with Crippen LogP contribution in [0, 0.1) is 23.7 Å². The lowest BCUT2D eigenvalue weighted by Crippen LogP contribution is -2.57. The van der Waals surface area contributed by atoms with Gasteiger partial charge in [-0.2, -0.15) is 0 Å². The van der Waals surface area contributed by atoms with Crippen LogP contribution in [0.1, 0.15) is 39.0 Å². The summed E-state index contributed by atoms with van der Waals surface area (Å²) in [6.45, 7) is 8.39. The molecule has 0 radical (unpaired) electrons. The first-order valence-electron chi connectivity index (χ1n) is 9.30. The molecule has 0 aromatic carbocycles. The number of hydrazine groups is 1. The molecule has 6 unspecified atom stereocenters. The zero-order chi connectivity index (χ0) is 14.2. The van der Waals surface area contributed by atoms with Crippen LogP contribution < -0.4 is 16.1 Å². The Morgan fingerprint density at radius 2 is 1.95 bits per heavy atom. The van der Waals surface area contributed by atoms with Gasteiger partial charge in [-0.3, -0.25) is 5.43 Å². The van der Waals surface area contributed by atoms with Crippen LogP contribution >= 0.6 is 0 Å². The Hall–Kier alpha value is -0.160. The molecule has 3 N–H and O–H groups in total. The van der Waals surface area contributed by atoms with Gasteiger partial charge in [0.1, 0.15) is 0 Å². The molecule has 3 saturated heterocycles. The molecular formula is C17H32N4. The van der Waals surface area contributed by atoms with E-state index >= 15 is 0 Å². The van der Waals surface area contributed by atoms with Crippen molar-refractivity contribution < 1.29 is 0 Å². The van der Waals surface area contributed by atoms with Crippen molar-refractivity contribution in [3.63, 3.8) is 0 Å². The Morgan fingerprint density at radius 3 is 2.76 bits per heavy atom. The highest BCUT2D eigenvalue weighted by Gasteiger charge is 2.47. The normalized spacial score (nSPS) is 47.9. The minimum Gasteiger partial charge on any atom is -0.316 e. The molecule has 0 spiro atoms. The van der Waals surface area contributed by atoms with E-state index in [0.717, 1.165) is 36.3 Å². The minimum absolute atomic E-state index is 0.689. The summed E-state index contributed by atoms with van der Waals surface area (Å²) in [5.41, 5.74) is 3.73. The number of nitrogens with zero attached hydrogens (tertiary/aromatic N) is 1. The van der Waals surface area contributed by atoms with Gasteiger partial charge in [0, 0.05) is 31.7 Å². The van der Waals surface area contributed by atoms with E-state index in [4.69, 9.17) is 0 Å². The van der Waals surface area contributed by atoms with Crippen molar-refractivity contribution in [1.82, 2.24) is 21.1 Å². The van der Waals surface area contributed by atoms with Crippen molar-refractivity contribution in [2.45, 2.75) is 51.1 Å². The molecule has 0 aromatic heterocycles. The van der Waals surface area contributed by atoms with Gasteiger partial charge in [-0.25, -0.2) is 5.01 Å². The highest BCUT2D eigenvalue weighted by atomic mass is 15.5. The predicted molar refractivity (Wildman–Crippen MR) is 85.9 cm³/mol. The van der Waals surface area contributed by atoms with Crippen molar-refractivity contribution >= 4 is 0 Å². The number of rotatable bonds is 2. The van der Waals surface area contributed by atoms with E-state index in [9.17, 15) is 0 Å². The van der Waals surface area contributed by atoms with Gasteiger partial charge in [0.25, 0.3) is 0 Å². The lowest BCUT2D eigenvalue weighted by atomic mass is 9.65. The Labute approximate surface area is 129 Å². The highest BCUT2D eigenvalue weighted by molar-refractivity contribution is 5.02. The molecule has 0 aromatic rings. The van der Waals surface area contributed by atoms with Gasteiger partial charge >= 0.3 is 0 Å². The fraction of sp³-hybridized carbons (Fsp3) is 1.00. The van der Waals surface area contributed by atoms with E-state index in [2.05, 4.69) is 28.0 Å². The van der Waals surface area contributed by atoms with Crippen LogP contribution in [-0.4, -0.2) is 49.8 Å². The highest BCUT2D eigenvalue weighted by Crippen LogP contribution is 2.43. The molecule has 4 aliphatic rings. The third-order valence-corrected chi connectivity index (χ3v) is 6.77. The zero-order valence-electron chi connectivity index (χ0n) is 13.5. The molecule has 4 rings (SSSR count). The summed E-state index contributed by atoms with van der Waals surface area (Å²) in [4.78, 5) is 0. The van der Waals surface area contributed by atoms with E-state index in [1.165, 1.54) is 58.3 Å². The second kappa shape index (κ2) is 6.15. The monoisotopic (exact) mass is 292 g/mol. The molecule has 1 saturated carbocycles. The third-order valence-electron chi connectivity index (χ3n) is 6.77. The summed E-state index contributed by atoms with van der Waals surface area (Å²) in [7, 11) is 0. The van der Waals surface area contributed by atoms with Crippen LogP contribution in [-0.2, 0) is 0 Å². The van der Waals surface area contributed by atoms with E-state index in [1.807, 2.05) is 0 Å². The SMILES string of the molecule is CCN1CC2C(CNC3CCC(C4CCCNC4)CC32)N1. The molecule has 3 heterocycles. The molecular weight excluding hydrogens is 260 g/mol. The molecule has 4 heteroatoms. The van der Waals surface area contributed by atoms with Crippen LogP contribution in [0.4, 0.5) is 0 Å². The molecule has 6 atom stereocenters. The summed E-state index contributed by atoms with van der Waals surface area (Å²) < 4.78 is 0. The smallest absolute Gasteiger partial charge is 0.0384 e.